The van der Waals surface area contributed by atoms with Crippen LogP contribution in [0.25, 0.3) is 0 Å². The largest absolute Gasteiger partial charge is 0.394 e. The van der Waals surface area contributed by atoms with E-state index in [1.807, 2.05) is 0 Å². The second-order valence-corrected chi connectivity index (χ2v) is 3.80. The van der Waals surface area contributed by atoms with Gasteiger partial charge >= 0.3 is 0 Å². The molecule has 94 valence electrons. The van der Waals surface area contributed by atoms with E-state index in [0.717, 1.165) is 0 Å². The van der Waals surface area contributed by atoms with Gasteiger partial charge < -0.3 is 25.8 Å². The van der Waals surface area contributed by atoms with E-state index >= 15 is 0 Å². The first-order valence-electron chi connectivity index (χ1n) is 5.01. The Morgan fingerprint density at radius 3 is 2.71 bits per heavy atom. The quantitative estimate of drug-likeness (QED) is 0.468. The molecule has 5 N–H and O–H groups in total. The summed E-state index contributed by atoms with van der Waals surface area (Å²) in [5.74, 6) is -0.650. The smallest absolute Gasteiger partial charge is 0.251 e. The Hall–Kier alpha value is -1.48. The summed E-state index contributed by atoms with van der Waals surface area (Å²) >= 11 is 0. The number of primary amides is 1. The van der Waals surface area contributed by atoms with Crippen LogP contribution in [0.2, 0.25) is 0 Å². The predicted octanol–water partition coefficient (Wildman–Crippen LogP) is -2.41. The van der Waals surface area contributed by atoms with Crippen LogP contribution in [0.5, 0.6) is 0 Å². The van der Waals surface area contributed by atoms with Crippen molar-refractivity contribution in [1.29, 1.82) is 0 Å². The molecule has 4 atom stereocenters. The van der Waals surface area contributed by atoms with E-state index in [1.165, 1.54) is 17.1 Å². The van der Waals surface area contributed by atoms with E-state index in [9.17, 15) is 15.0 Å². The summed E-state index contributed by atoms with van der Waals surface area (Å²) in [6.45, 7) is -0.418. The van der Waals surface area contributed by atoms with Gasteiger partial charge in [0.15, 0.2) is 6.23 Å². The molecule has 1 aliphatic rings. The first kappa shape index (κ1) is 12.0. The molecule has 0 aromatic carbocycles. The predicted molar refractivity (Wildman–Crippen MR) is 53.8 cm³/mol. The van der Waals surface area contributed by atoms with Gasteiger partial charge in [0.05, 0.1) is 18.4 Å². The summed E-state index contributed by atoms with van der Waals surface area (Å²) in [4.78, 5) is 10.9. The van der Waals surface area contributed by atoms with Gasteiger partial charge in [-0.05, 0) is 0 Å². The van der Waals surface area contributed by atoms with Crippen LogP contribution in [0.15, 0.2) is 12.4 Å². The van der Waals surface area contributed by atoms with Crippen LogP contribution in [-0.2, 0) is 4.74 Å². The van der Waals surface area contributed by atoms with Gasteiger partial charge in [0, 0.05) is 6.20 Å². The summed E-state index contributed by atoms with van der Waals surface area (Å²) in [7, 11) is 0. The fraction of sp³-hybridized carbons (Fsp3) is 0.556. The second-order valence-electron chi connectivity index (χ2n) is 3.80. The second kappa shape index (κ2) is 4.41. The number of aliphatic hydroxyl groups excluding tert-OH is 3. The molecule has 1 saturated heterocycles. The SMILES string of the molecule is NC(=O)c1cnn([C@@H]2O[C@H](CO)[C@@H](O)[C@H]2O)c1. The molecular weight excluding hydrogens is 230 g/mol. The number of rotatable bonds is 3. The molecule has 0 unspecified atom stereocenters. The lowest BCUT2D eigenvalue weighted by Gasteiger charge is -2.14. The lowest BCUT2D eigenvalue weighted by atomic mass is 10.1. The van der Waals surface area contributed by atoms with Gasteiger partial charge in [0.25, 0.3) is 5.91 Å². The van der Waals surface area contributed by atoms with Crippen molar-refractivity contribution in [2.45, 2.75) is 24.5 Å². The number of ether oxygens (including phenoxy) is 1. The first-order valence-corrected chi connectivity index (χ1v) is 5.01. The van der Waals surface area contributed by atoms with Gasteiger partial charge in [0.1, 0.15) is 18.3 Å². The van der Waals surface area contributed by atoms with Gasteiger partial charge in [-0.3, -0.25) is 4.79 Å². The van der Waals surface area contributed by atoms with E-state index in [4.69, 9.17) is 15.6 Å². The van der Waals surface area contributed by atoms with E-state index in [-0.39, 0.29) is 5.56 Å². The number of nitrogens with zero attached hydrogens (tertiary/aromatic N) is 2. The van der Waals surface area contributed by atoms with Gasteiger partial charge in [-0.25, -0.2) is 4.68 Å². The van der Waals surface area contributed by atoms with Crippen molar-refractivity contribution in [1.82, 2.24) is 9.78 Å². The van der Waals surface area contributed by atoms with Crippen LogP contribution in [0, 0.1) is 0 Å². The minimum Gasteiger partial charge on any atom is -0.394 e. The molecule has 0 aliphatic carbocycles. The molecule has 17 heavy (non-hydrogen) atoms. The van der Waals surface area contributed by atoms with Crippen molar-refractivity contribution < 1.29 is 24.9 Å². The number of aliphatic hydroxyl groups is 3. The molecule has 1 fully saturated rings. The fourth-order valence-corrected chi connectivity index (χ4v) is 1.70. The average molecular weight is 243 g/mol. The number of nitrogens with two attached hydrogens (primary N) is 1. The molecule has 0 radical (unpaired) electrons. The number of aromatic nitrogens is 2. The van der Waals surface area contributed by atoms with Crippen LogP contribution in [0.3, 0.4) is 0 Å². The monoisotopic (exact) mass is 243 g/mol. The van der Waals surface area contributed by atoms with Crippen LogP contribution in [-0.4, -0.2) is 55.9 Å². The lowest BCUT2D eigenvalue weighted by Crippen LogP contribution is -2.33. The van der Waals surface area contributed by atoms with E-state index < -0.39 is 37.1 Å². The standard InChI is InChI=1S/C9H13N3O5/c10-8(16)4-1-11-12(2-4)9-7(15)6(14)5(3-13)17-9/h1-2,5-7,9,13-15H,3H2,(H2,10,16)/t5-,6-,7-,9-/m1/s1. The number of carbonyl (C=O) groups excluding carboxylic acids is 1. The number of hydrogen-bond donors (Lipinski definition) is 4. The molecule has 0 spiro atoms. The summed E-state index contributed by atoms with van der Waals surface area (Å²) in [6, 6.07) is 0. The molecule has 8 heteroatoms. The topological polar surface area (TPSA) is 131 Å². The summed E-state index contributed by atoms with van der Waals surface area (Å²) in [6.07, 6.45) is -1.72. The van der Waals surface area contributed by atoms with Crippen LogP contribution in [0.4, 0.5) is 0 Å². The Kier molecular flexibility index (Phi) is 3.11. The minimum absolute atomic E-state index is 0.169. The van der Waals surface area contributed by atoms with E-state index in [0.29, 0.717) is 0 Å². The van der Waals surface area contributed by atoms with Gasteiger partial charge in [0.2, 0.25) is 0 Å². The highest BCUT2D eigenvalue weighted by Gasteiger charge is 2.43. The molecule has 1 aliphatic heterocycles. The Labute approximate surface area is 96.2 Å². The molecule has 0 bridgehead atoms. The zero-order valence-corrected chi connectivity index (χ0v) is 8.80. The van der Waals surface area contributed by atoms with Crippen molar-refractivity contribution in [2.75, 3.05) is 6.61 Å². The maximum Gasteiger partial charge on any atom is 0.251 e. The molecular formula is C9H13N3O5. The summed E-state index contributed by atoms with van der Waals surface area (Å²) < 4.78 is 6.40. The minimum atomic E-state index is -1.23. The first-order chi connectivity index (χ1) is 8.04. The Morgan fingerprint density at radius 2 is 2.24 bits per heavy atom. The summed E-state index contributed by atoms with van der Waals surface area (Å²) in [5, 5.41) is 32.0. The third kappa shape index (κ3) is 2.03. The highest BCUT2D eigenvalue weighted by Crippen LogP contribution is 2.28. The van der Waals surface area contributed by atoms with Crippen LogP contribution in [0.1, 0.15) is 16.6 Å². The van der Waals surface area contributed by atoms with Gasteiger partial charge in [-0.2, -0.15) is 5.10 Å². The normalized spacial score (nSPS) is 32.9. The van der Waals surface area contributed by atoms with Crippen molar-refractivity contribution >= 4 is 5.91 Å². The maximum atomic E-state index is 10.9. The molecule has 1 aromatic heterocycles. The fourth-order valence-electron chi connectivity index (χ4n) is 1.70. The van der Waals surface area contributed by atoms with Gasteiger partial charge in [-0.1, -0.05) is 0 Å². The Balaban J connectivity index is 2.19. The highest BCUT2D eigenvalue weighted by atomic mass is 16.6. The number of amides is 1. The molecule has 2 heterocycles. The zero-order valence-electron chi connectivity index (χ0n) is 8.80. The van der Waals surface area contributed by atoms with Crippen LogP contribution >= 0.6 is 0 Å². The maximum absolute atomic E-state index is 10.9. The lowest BCUT2D eigenvalue weighted by molar-refractivity contribution is -0.0586. The third-order valence-electron chi connectivity index (χ3n) is 2.66. The third-order valence-corrected chi connectivity index (χ3v) is 2.66. The molecule has 2 rings (SSSR count). The highest BCUT2D eigenvalue weighted by molar-refractivity contribution is 5.92. The van der Waals surface area contributed by atoms with Crippen molar-refractivity contribution in [3.63, 3.8) is 0 Å². The molecule has 1 aromatic rings. The molecule has 0 saturated carbocycles. The van der Waals surface area contributed by atoms with Crippen molar-refractivity contribution in [2.24, 2.45) is 5.73 Å². The van der Waals surface area contributed by atoms with Gasteiger partial charge in [-0.15, -0.1) is 0 Å². The number of hydrogen-bond acceptors (Lipinski definition) is 6. The van der Waals surface area contributed by atoms with Crippen LogP contribution < -0.4 is 5.73 Å². The Morgan fingerprint density at radius 1 is 1.53 bits per heavy atom. The molecule has 1 amide bonds. The molecule has 8 nitrogen and oxygen atoms in total. The van der Waals surface area contributed by atoms with E-state index in [1.54, 1.807) is 0 Å². The van der Waals surface area contributed by atoms with Crippen molar-refractivity contribution in [3.05, 3.63) is 18.0 Å². The van der Waals surface area contributed by atoms with E-state index in [2.05, 4.69) is 5.10 Å². The van der Waals surface area contributed by atoms with Crippen molar-refractivity contribution in [3.8, 4) is 0 Å². The number of carbonyl (C=O) groups is 1. The summed E-state index contributed by atoms with van der Waals surface area (Å²) in [5.41, 5.74) is 5.23. The Bertz CT molecular complexity index is 421. The zero-order chi connectivity index (χ0) is 12.6. The average Bonchev–Trinajstić information content (AvgIpc) is 2.87.